The SMILES string of the molecule is C[C@@H](CCc1ccc(O)cc1)NC(=O)N1CCO[C@H](c2ccccc2)C1. The van der Waals surface area contributed by atoms with Crippen LogP contribution in [0.5, 0.6) is 5.75 Å². The molecule has 1 aliphatic rings. The van der Waals surface area contributed by atoms with Gasteiger partial charge in [0.1, 0.15) is 11.9 Å². The number of phenolic OH excluding ortho intramolecular Hbond substituents is 1. The second kappa shape index (κ2) is 8.72. The van der Waals surface area contributed by atoms with Gasteiger partial charge in [0.2, 0.25) is 0 Å². The van der Waals surface area contributed by atoms with Crippen LogP contribution >= 0.6 is 0 Å². The number of nitrogens with zero attached hydrogens (tertiary/aromatic N) is 1. The highest BCUT2D eigenvalue weighted by molar-refractivity contribution is 5.74. The molecule has 1 fully saturated rings. The summed E-state index contributed by atoms with van der Waals surface area (Å²) in [4.78, 5) is 14.4. The minimum absolute atomic E-state index is 0.0348. The first-order valence-electron chi connectivity index (χ1n) is 9.11. The number of rotatable bonds is 5. The Balaban J connectivity index is 1.48. The van der Waals surface area contributed by atoms with Crippen molar-refractivity contribution < 1.29 is 14.6 Å². The minimum atomic E-state index is -0.0667. The zero-order valence-electron chi connectivity index (χ0n) is 15.1. The number of carbonyl (C=O) groups excluding carboxylic acids is 1. The summed E-state index contributed by atoms with van der Waals surface area (Å²) >= 11 is 0. The number of urea groups is 1. The van der Waals surface area contributed by atoms with Crippen molar-refractivity contribution >= 4 is 6.03 Å². The first-order chi connectivity index (χ1) is 12.6. The monoisotopic (exact) mass is 354 g/mol. The highest BCUT2D eigenvalue weighted by atomic mass is 16.5. The van der Waals surface area contributed by atoms with E-state index in [4.69, 9.17) is 4.74 Å². The van der Waals surface area contributed by atoms with Gasteiger partial charge in [-0.2, -0.15) is 0 Å². The Bertz CT molecular complexity index is 703. The normalized spacial score (nSPS) is 18.3. The number of hydrogen-bond donors (Lipinski definition) is 2. The van der Waals surface area contributed by atoms with Gasteiger partial charge in [-0.25, -0.2) is 4.79 Å². The Hall–Kier alpha value is -2.53. The molecule has 26 heavy (non-hydrogen) atoms. The molecule has 0 aliphatic carbocycles. The number of amides is 2. The fourth-order valence-corrected chi connectivity index (χ4v) is 3.12. The number of benzene rings is 2. The molecule has 2 aromatic carbocycles. The van der Waals surface area contributed by atoms with Crippen LogP contribution in [0.1, 0.15) is 30.6 Å². The van der Waals surface area contributed by atoms with Gasteiger partial charge in [-0.15, -0.1) is 0 Å². The molecule has 0 radical (unpaired) electrons. The van der Waals surface area contributed by atoms with Crippen molar-refractivity contribution in [2.75, 3.05) is 19.7 Å². The molecule has 3 rings (SSSR count). The van der Waals surface area contributed by atoms with Crippen LogP contribution in [0.25, 0.3) is 0 Å². The summed E-state index contributed by atoms with van der Waals surface area (Å²) in [6.45, 7) is 3.75. The Kier molecular flexibility index (Phi) is 6.12. The predicted octanol–water partition coefficient (Wildman–Crippen LogP) is 3.50. The molecule has 0 saturated carbocycles. The third kappa shape index (κ3) is 4.99. The molecule has 2 amide bonds. The van der Waals surface area contributed by atoms with Crippen LogP contribution in [0.15, 0.2) is 54.6 Å². The summed E-state index contributed by atoms with van der Waals surface area (Å²) in [6.07, 6.45) is 1.64. The van der Waals surface area contributed by atoms with Crippen molar-refractivity contribution in [3.05, 3.63) is 65.7 Å². The maximum atomic E-state index is 12.6. The number of hydrogen-bond acceptors (Lipinski definition) is 3. The van der Waals surface area contributed by atoms with Crippen molar-refractivity contribution in [1.29, 1.82) is 0 Å². The molecule has 2 atom stereocenters. The minimum Gasteiger partial charge on any atom is -0.508 e. The van der Waals surface area contributed by atoms with Crippen LogP contribution in [0, 0.1) is 0 Å². The first-order valence-corrected chi connectivity index (χ1v) is 9.11. The van der Waals surface area contributed by atoms with E-state index in [9.17, 15) is 9.90 Å². The van der Waals surface area contributed by atoms with Crippen molar-refractivity contribution in [1.82, 2.24) is 10.2 Å². The summed E-state index contributed by atoms with van der Waals surface area (Å²) in [5, 5.41) is 12.4. The van der Waals surface area contributed by atoms with E-state index in [2.05, 4.69) is 5.32 Å². The molecule has 5 nitrogen and oxygen atoms in total. The average molecular weight is 354 g/mol. The standard InChI is InChI=1S/C21H26N2O3/c1-16(7-8-17-9-11-19(24)12-10-17)22-21(25)23-13-14-26-20(15-23)18-5-3-2-4-6-18/h2-6,9-12,16,20,24H,7-8,13-15H2,1H3,(H,22,25)/t16-,20-/m0/s1. The smallest absolute Gasteiger partial charge is 0.317 e. The third-order valence-electron chi connectivity index (χ3n) is 4.70. The van der Waals surface area contributed by atoms with Gasteiger partial charge < -0.3 is 20.1 Å². The quantitative estimate of drug-likeness (QED) is 0.864. The lowest BCUT2D eigenvalue weighted by Crippen LogP contribution is -2.49. The first kappa shape index (κ1) is 18.3. The molecule has 2 aromatic rings. The van der Waals surface area contributed by atoms with Gasteiger partial charge >= 0.3 is 6.03 Å². The largest absolute Gasteiger partial charge is 0.508 e. The number of nitrogens with one attached hydrogen (secondary N) is 1. The molecular formula is C21H26N2O3. The lowest BCUT2D eigenvalue weighted by molar-refractivity contribution is -0.0157. The zero-order valence-corrected chi connectivity index (χ0v) is 15.1. The fourth-order valence-electron chi connectivity index (χ4n) is 3.12. The number of ether oxygens (including phenoxy) is 1. The molecule has 5 heteroatoms. The lowest BCUT2D eigenvalue weighted by atomic mass is 10.1. The van der Waals surface area contributed by atoms with Gasteiger partial charge in [-0.05, 0) is 43.0 Å². The van der Waals surface area contributed by atoms with Crippen molar-refractivity contribution in [3.63, 3.8) is 0 Å². The van der Waals surface area contributed by atoms with E-state index in [0.29, 0.717) is 19.7 Å². The molecule has 2 N–H and O–H groups in total. The molecule has 1 aliphatic heterocycles. The molecular weight excluding hydrogens is 328 g/mol. The summed E-state index contributed by atoms with van der Waals surface area (Å²) in [5.41, 5.74) is 2.25. The van der Waals surface area contributed by atoms with E-state index in [1.54, 1.807) is 12.1 Å². The summed E-state index contributed by atoms with van der Waals surface area (Å²) in [7, 11) is 0. The predicted molar refractivity (Wildman–Crippen MR) is 101 cm³/mol. The lowest BCUT2D eigenvalue weighted by Gasteiger charge is -2.34. The molecule has 1 heterocycles. The number of aryl methyl sites for hydroxylation is 1. The van der Waals surface area contributed by atoms with E-state index in [1.165, 1.54) is 0 Å². The number of phenols is 1. The second-order valence-corrected chi connectivity index (χ2v) is 6.77. The number of carbonyl (C=O) groups is 1. The van der Waals surface area contributed by atoms with Crippen molar-refractivity contribution in [2.24, 2.45) is 0 Å². The van der Waals surface area contributed by atoms with Crippen LogP contribution in [0.3, 0.4) is 0 Å². The molecule has 0 aromatic heterocycles. The maximum Gasteiger partial charge on any atom is 0.317 e. The summed E-state index contributed by atoms with van der Waals surface area (Å²) in [5.74, 6) is 0.274. The second-order valence-electron chi connectivity index (χ2n) is 6.77. The Morgan fingerprint density at radius 3 is 2.69 bits per heavy atom. The fraction of sp³-hybridized carbons (Fsp3) is 0.381. The van der Waals surface area contributed by atoms with Crippen LogP contribution < -0.4 is 5.32 Å². The van der Waals surface area contributed by atoms with E-state index in [-0.39, 0.29) is 23.9 Å². The molecule has 0 bridgehead atoms. The van der Waals surface area contributed by atoms with Crippen LogP contribution in [-0.2, 0) is 11.2 Å². The molecule has 0 spiro atoms. The number of aromatic hydroxyl groups is 1. The summed E-state index contributed by atoms with van der Waals surface area (Å²) < 4.78 is 5.82. The van der Waals surface area contributed by atoms with Gasteiger partial charge in [-0.3, -0.25) is 0 Å². The van der Waals surface area contributed by atoms with E-state index in [1.807, 2.05) is 54.3 Å². The number of morpholine rings is 1. The van der Waals surface area contributed by atoms with Crippen LogP contribution in [-0.4, -0.2) is 41.8 Å². The van der Waals surface area contributed by atoms with E-state index < -0.39 is 0 Å². The summed E-state index contributed by atoms with van der Waals surface area (Å²) in [6, 6.07) is 17.3. The van der Waals surface area contributed by atoms with Crippen molar-refractivity contribution in [3.8, 4) is 5.75 Å². The van der Waals surface area contributed by atoms with Gasteiger partial charge in [0, 0.05) is 12.6 Å². The Morgan fingerprint density at radius 2 is 1.96 bits per heavy atom. The van der Waals surface area contributed by atoms with Crippen molar-refractivity contribution in [2.45, 2.75) is 31.9 Å². The molecule has 138 valence electrons. The van der Waals surface area contributed by atoms with Gasteiger partial charge in [-0.1, -0.05) is 42.5 Å². The highest BCUT2D eigenvalue weighted by Crippen LogP contribution is 2.22. The Morgan fingerprint density at radius 1 is 1.23 bits per heavy atom. The highest BCUT2D eigenvalue weighted by Gasteiger charge is 2.25. The molecule has 0 unspecified atom stereocenters. The van der Waals surface area contributed by atoms with Gasteiger partial charge in [0.25, 0.3) is 0 Å². The van der Waals surface area contributed by atoms with E-state index >= 15 is 0 Å². The topological polar surface area (TPSA) is 61.8 Å². The average Bonchev–Trinajstić information content (AvgIpc) is 2.68. The molecule has 1 saturated heterocycles. The maximum absolute atomic E-state index is 12.6. The zero-order chi connectivity index (χ0) is 18.4. The van der Waals surface area contributed by atoms with Crippen LogP contribution in [0.4, 0.5) is 4.79 Å². The third-order valence-corrected chi connectivity index (χ3v) is 4.70. The van der Waals surface area contributed by atoms with Gasteiger partial charge in [0.15, 0.2) is 0 Å². The Labute approximate surface area is 154 Å². The van der Waals surface area contributed by atoms with Crippen LogP contribution in [0.2, 0.25) is 0 Å². The van der Waals surface area contributed by atoms with E-state index in [0.717, 1.165) is 24.0 Å². The van der Waals surface area contributed by atoms with Gasteiger partial charge in [0.05, 0.1) is 13.2 Å².